The van der Waals surface area contributed by atoms with Crippen LogP contribution in [0.2, 0.25) is 0 Å². The highest BCUT2D eigenvalue weighted by molar-refractivity contribution is 5.73. The van der Waals surface area contributed by atoms with Gasteiger partial charge >= 0.3 is 0 Å². The molecule has 1 aromatic carbocycles. The molecule has 0 atom stereocenters. The van der Waals surface area contributed by atoms with E-state index in [2.05, 4.69) is 33.7 Å². The molecule has 3 heterocycles. The molecule has 0 aliphatic carbocycles. The molecule has 2 aliphatic heterocycles. The number of fused-ring (bicyclic) bond motifs is 1. The summed E-state index contributed by atoms with van der Waals surface area (Å²) in [7, 11) is 0. The monoisotopic (exact) mass is 314 g/mol. The molecule has 2 aromatic rings. The van der Waals surface area contributed by atoms with Gasteiger partial charge in [-0.2, -0.15) is 0 Å². The lowest BCUT2D eigenvalue weighted by Gasteiger charge is -2.19. The highest BCUT2D eigenvalue weighted by Crippen LogP contribution is 2.28. The second-order valence-electron chi connectivity index (χ2n) is 6.76. The summed E-state index contributed by atoms with van der Waals surface area (Å²) in [6.45, 7) is 7.66. The van der Waals surface area contributed by atoms with Crippen molar-refractivity contribution in [2.45, 2.75) is 31.7 Å². The summed E-state index contributed by atoms with van der Waals surface area (Å²) < 4.78 is 6.01. The smallest absolute Gasteiger partial charge is 0.198 e. The fraction of sp³-hybridized carbons (Fsp3) is 0.611. The molecule has 1 aromatic heterocycles. The zero-order chi connectivity index (χ0) is 15.5. The Bertz CT molecular complexity index is 640. The molecular formula is C18H26N4O. The van der Waals surface area contributed by atoms with E-state index in [9.17, 15) is 0 Å². The van der Waals surface area contributed by atoms with Gasteiger partial charge in [-0.05, 0) is 63.1 Å². The summed E-state index contributed by atoms with van der Waals surface area (Å²) in [4.78, 5) is 7.31. The Labute approximate surface area is 137 Å². The van der Waals surface area contributed by atoms with E-state index < -0.39 is 0 Å². The molecule has 0 amide bonds. The van der Waals surface area contributed by atoms with Crippen LogP contribution < -0.4 is 10.6 Å². The molecule has 2 N–H and O–H groups in total. The molecule has 5 nitrogen and oxygen atoms in total. The van der Waals surface area contributed by atoms with Gasteiger partial charge in [0.15, 0.2) is 11.5 Å². The molecule has 0 bridgehead atoms. The first kappa shape index (κ1) is 15.1. The maximum atomic E-state index is 6.01. The zero-order valence-corrected chi connectivity index (χ0v) is 13.7. The average Bonchev–Trinajstić information content (AvgIpc) is 2.85. The quantitative estimate of drug-likeness (QED) is 0.908. The number of nitrogens with zero attached hydrogens (tertiary/aromatic N) is 2. The molecule has 0 unspecified atom stereocenters. The van der Waals surface area contributed by atoms with Crippen molar-refractivity contribution < 1.29 is 4.42 Å². The van der Waals surface area contributed by atoms with Gasteiger partial charge in [0.05, 0.1) is 0 Å². The Balaban J connectivity index is 1.50. The van der Waals surface area contributed by atoms with Gasteiger partial charge in [-0.3, -0.25) is 4.90 Å². The first-order valence-corrected chi connectivity index (χ1v) is 8.92. The third-order valence-electron chi connectivity index (χ3n) is 5.00. The third-order valence-corrected chi connectivity index (χ3v) is 5.00. The maximum absolute atomic E-state index is 6.01. The fourth-order valence-electron chi connectivity index (χ4n) is 3.65. The molecule has 2 saturated heterocycles. The van der Waals surface area contributed by atoms with Crippen molar-refractivity contribution in [3.63, 3.8) is 0 Å². The Hall–Kier alpha value is -1.43. The van der Waals surface area contributed by atoms with Gasteiger partial charge in [0.2, 0.25) is 0 Å². The molecule has 4 rings (SSSR count). The third kappa shape index (κ3) is 3.57. The summed E-state index contributed by atoms with van der Waals surface area (Å²) >= 11 is 0. The minimum Gasteiger partial charge on any atom is -0.440 e. The Kier molecular flexibility index (Phi) is 4.60. The van der Waals surface area contributed by atoms with Crippen molar-refractivity contribution in [1.29, 1.82) is 0 Å². The van der Waals surface area contributed by atoms with E-state index in [0.717, 1.165) is 69.1 Å². The van der Waals surface area contributed by atoms with Gasteiger partial charge in [-0.1, -0.05) is 6.07 Å². The van der Waals surface area contributed by atoms with Crippen molar-refractivity contribution in [2.75, 3.05) is 39.3 Å². The van der Waals surface area contributed by atoms with Crippen molar-refractivity contribution in [3.8, 4) is 0 Å². The van der Waals surface area contributed by atoms with Crippen LogP contribution >= 0.6 is 0 Å². The van der Waals surface area contributed by atoms with E-state index in [-0.39, 0.29) is 0 Å². The average molecular weight is 314 g/mol. The van der Waals surface area contributed by atoms with E-state index in [1.165, 1.54) is 18.5 Å². The maximum Gasteiger partial charge on any atom is 0.198 e. The Morgan fingerprint density at radius 3 is 2.87 bits per heavy atom. The second-order valence-corrected chi connectivity index (χ2v) is 6.76. The Morgan fingerprint density at radius 2 is 1.96 bits per heavy atom. The number of oxazole rings is 1. The minimum atomic E-state index is 0.476. The second kappa shape index (κ2) is 6.99. The van der Waals surface area contributed by atoms with Crippen LogP contribution in [0.3, 0.4) is 0 Å². The lowest BCUT2D eigenvalue weighted by molar-refractivity contribution is 0.284. The van der Waals surface area contributed by atoms with Gasteiger partial charge in [0, 0.05) is 25.6 Å². The summed E-state index contributed by atoms with van der Waals surface area (Å²) in [5.41, 5.74) is 3.29. The molecule has 0 saturated carbocycles. The normalized spacial score (nSPS) is 21.6. The van der Waals surface area contributed by atoms with Crippen LogP contribution in [0.15, 0.2) is 22.6 Å². The molecule has 0 spiro atoms. The lowest BCUT2D eigenvalue weighted by atomic mass is 9.98. The van der Waals surface area contributed by atoms with Crippen LogP contribution in [0.5, 0.6) is 0 Å². The number of hydrogen-bond donors (Lipinski definition) is 2. The predicted molar refractivity (Wildman–Crippen MR) is 91.6 cm³/mol. The highest BCUT2D eigenvalue weighted by Gasteiger charge is 2.20. The first-order chi connectivity index (χ1) is 11.4. The van der Waals surface area contributed by atoms with Crippen molar-refractivity contribution >= 4 is 11.1 Å². The number of rotatable bonds is 3. The standard InChI is InChI=1S/C18H26N4O/c1-6-19-9-11-22(10-1)13-14-2-3-17-16(12-14)21-18(23-17)15-4-7-20-8-5-15/h2-3,12,15,19-20H,1,4-11,13H2. The lowest BCUT2D eigenvalue weighted by Crippen LogP contribution is -2.27. The van der Waals surface area contributed by atoms with E-state index in [1.807, 2.05) is 0 Å². The van der Waals surface area contributed by atoms with Gasteiger partial charge < -0.3 is 15.1 Å². The van der Waals surface area contributed by atoms with E-state index in [1.54, 1.807) is 0 Å². The molecule has 5 heteroatoms. The SMILES string of the molecule is c1cc2oc(C3CCNCC3)nc2cc1CN1CCCNCC1. The first-order valence-electron chi connectivity index (χ1n) is 8.92. The fourth-order valence-corrected chi connectivity index (χ4v) is 3.65. The number of benzene rings is 1. The Morgan fingerprint density at radius 1 is 1.09 bits per heavy atom. The molecule has 2 aliphatic rings. The number of piperidine rings is 1. The van der Waals surface area contributed by atoms with Crippen molar-refractivity contribution in [2.24, 2.45) is 0 Å². The van der Waals surface area contributed by atoms with Gasteiger partial charge in [-0.15, -0.1) is 0 Å². The number of hydrogen-bond acceptors (Lipinski definition) is 5. The van der Waals surface area contributed by atoms with Crippen LogP contribution in [-0.2, 0) is 6.54 Å². The molecule has 2 fully saturated rings. The van der Waals surface area contributed by atoms with Crippen LogP contribution in [0.4, 0.5) is 0 Å². The highest BCUT2D eigenvalue weighted by atomic mass is 16.3. The number of nitrogens with one attached hydrogen (secondary N) is 2. The summed E-state index contributed by atoms with van der Waals surface area (Å²) in [5, 5.41) is 6.86. The van der Waals surface area contributed by atoms with Gasteiger partial charge in [0.25, 0.3) is 0 Å². The van der Waals surface area contributed by atoms with Gasteiger partial charge in [0.1, 0.15) is 5.52 Å². The number of aromatic nitrogens is 1. The molecule has 0 radical (unpaired) electrons. The summed E-state index contributed by atoms with van der Waals surface area (Å²) in [6, 6.07) is 6.50. The van der Waals surface area contributed by atoms with E-state index in [4.69, 9.17) is 9.40 Å². The van der Waals surface area contributed by atoms with Crippen molar-refractivity contribution in [3.05, 3.63) is 29.7 Å². The topological polar surface area (TPSA) is 53.3 Å². The molecule has 23 heavy (non-hydrogen) atoms. The zero-order valence-electron chi connectivity index (χ0n) is 13.7. The molecular weight excluding hydrogens is 288 g/mol. The van der Waals surface area contributed by atoms with Crippen LogP contribution in [0.1, 0.15) is 36.6 Å². The minimum absolute atomic E-state index is 0.476. The van der Waals surface area contributed by atoms with Crippen LogP contribution in [-0.4, -0.2) is 49.2 Å². The largest absolute Gasteiger partial charge is 0.440 e. The van der Waals surface area contributed by atoms with Gasteiger partial charge in [-0.25, -0.2) is 4.98 Å². The molecule has 124 valence electrons. The summed E-state index contributed by atoms with van der Waals surface area (Å²) in [6.07, 6.45) is 3.48. The van der Waals surface area contributed by atoms with E-state index in [0.29, 0.717) is 5.92 Å². The van der Waals surface area contributed by atoms with E-state index >= 15 is 0 Å². The summed E-state index contributed by atoms with van der Waals surface area (Å²) in [5.74, 6) is 1.40. The van der Waals surface area contributed by atoms with Crippen LogP contribution in [0.25, 0.3) is 11.1 Å². The van der Waals surface area contributed by atoms with Crippen molar-refractivity contribution in [1.82, 2.24) is 20.5 Å². The predicted octanol–water partition coefficient (Wildman–Crippen LogP) is 2.09. The van der Waals surface area contributed by atoms with Crippen LogP contribution in [0, 0.1) is 0 Å².